The van der Waals surface area contributed by atoms with Crippen molar-refractivity contribution in [2.45, 2.75) is 37.8 Å². The normalized spacial score (nSPS) is 28.6. The quantitative estimate of drug-likeness (QED) is 0.849. The predicted molar refractivity (Wildman–Crippen MR) is 115 cm³/mol. The van der Waals surface area contributed by atoms with E-state index in [1.54, 1.807) is 19.4 Å². The van der Waals surface area contributed by atoms with Crippen LogP contribution in [-0.2, 0) is 0 Å². The molecule has 0 unspecified atom stereocenters. The molecule has 0 aliphatic carbocycles. The molecule has 1 amide bonds. The van der Waals surface area contributed by atoms with Gasteiger partial charge in [-0.05, 0) is 61.3 Å². The fraction of sp³-hybridized carbons (Fsp3) is 0.500. The fourth-order valence-corrected chi connectivity index (χ4v) is 5.92. The van der Waals surface area contributed by atoms with Crippen LogP contribution >= 0.6 is 0 Å². The van der Waals surface area contributed by atoms with E-state index in [4.69, 9.17) is 4.74 Å². The van der Waals surface area contributed by atoms with Gasteiger partial charge in [0.25, 0.3) is 5.91 Å². The Morgan fingerprint density at radius 2 is 1.93 bits per heavy atom. The Bertz CT molecular complexity index is 970. The van der Waals surface area contributed by atoms with E-state index >= 15 is 0 Å². The highest BCUT2D eigenvalue weighted by Gasteiger charge is 2.45. The van der Waals surface area contributed by atoms with E-state index in [9.17, 15) is 9.59 Å². The van der Waals surface area contributed by atoms with Crippen LogP contribution in [0, 0.1) is 11.8 Å². The van der Waals surface area contributed by atoms with Crippen LogP contribution < -0.4 is 10.3 Å². The summed E-state index contributed by atoms with van der Waals surface area (Å²) in [6, 6.07) is 12.6. The number of likely N-dealkylation sites (tertiary alicyclic amines) is 1. The molecule has 0 spiro atoms. The van der Waals surface area contributed by atoms with Crippen molar-refractivity contribution in [3.8, 4) is 5.75 Å². The standard InChI is InChI=1S/C24H29N3O3/c1-30-20-7-5-17(6-8-20)21-3-2-4-22-19-11-16(14-27(21)22)13-26(15-19)24(29)18-9-10-25-23(28)12-18/h5-10,12,16,19,21-22H,2-4,11,13-15H2,1H3,(H,25,28)/t16-,19+,21+,22-/m0/s1. The van der Waals surface area contributed by atoms with Crippen LogP contribution in [-0.4, -0.2) is 53.5 Å². The lowest BCUT2D eigenvalue weighted by atomic mass is 9.74. The van der Waals surface area contributed by atoms with Crippen LogP contribution in [0.25, 0.3) is 0 Å². The molecular weight excluding hydrogens is 378 g/mol. The highest BCUT2D eigenvalue weighted by Crippen LogP contribution is 2.44. The van der Waals surface area contributed by atoms with Crippen molar-refractivity contribution in [1.82, 2.24) is 14.8 Å². The zero-order valence-corrected chi connectivity index (χ0v) is 17.4. The minimum Gasteiger partial charge on any atom is -0.497 e. The van der Waals surface area contributed by atoms with Crippen molar-refractivity contribution in [1.29, 1.82) is 0 Å². The molecule has 3 aliphatic rings. The molecule has 3 fully saturated rings. The first-order chi connectivity index (χ1) is 14.6. The summed E-state index contributed by atoms with van der Waals surface area (Å²) in [5.41, 5.74) is 1.64. The van der Waals surface area contributed by atoms with Gasteiger partial charge in [0, 0.05) is 49.5 Å². The van der Waals surface area contributed by atoms with Crippen LogP contribution in [0.15, 0.2) is 47.4 Å². The average Bonchev–Trinajstić information content (AvgIpc) is 2.78. The molecule has 1 aromatic carbocycles. The third-order valence-corrected chi connectivity index (χ3v) is 7.20. The van der Waals surface area contributed by atoms with Gasteiger partial charge in [0.1, 0.15) is 5.75 Å². The summed E-state index contributed by atoms with van der Waals surface area (Å²) in [6.07, 6.45) is 6.38. The Labute approximate surface area is 176 Å². The number of amides is 1. The van der Waals surface area contributed by atoms with Crippen LogP contribution in [0.2, 0.25) is 0 Å². The summed E-state index contributed by atoms with van der Waals surface area (Å²) in [4.78, 5) is 32.0. The number of H-pyrrole nitrogens is 1. The second kappa shape index (κ2) is 7.91. The summed E-state index contributed by atoms with van der Waals surface area (Å²) < 4.78 is 5.33. The number of rotatable bonds is 3. The van der Waals surface area contributed by atoms with Crippen molar-refractivity contribution in [2.75, 3.05) is 26.7 Å². The maximum absolute atomic E-state index is 13.0. The third kappa shape index (κ3) is 3.54. The molecule has 3 aliphatic heterocycles. The number of hydrogen-bond acceptors (Lipinski definition) is 4. The van der Waals surface area contributed by atoms with Crippen LogP contribution in [0.1, 0.15) is 47.6 Å². The Balaban J connectivity index is 1.35. The molecule has 1 N–H and O–H groups in total. The lowest BCUT2D eigenvalue weighted by Gasteiger charge is -2.55. The molecule has 30 heavy (non-hydrogen) atoms. The molecule has 4 heterocycles. The van der Waals surface area contributed by atoms with E-state index in [1.165, 1.54) is 37.3 Å². The summed E-state index contributed by atoms with van der Waals surface area (Å²) >= 11 is 0. The zero-order chi connectivity index (χ0) is 20.7. The molecular formula is C24H29N3O3. The molecule has 6 nitrogen and oxygen atoms in total. The molecule has 1 aromatic heterocycles. The van der Waals surface area contributed by atoms with Gasteiger partial charge < -0.3 is 14.6 Å². The zero-order valence-electron chi connectivity index (χ0n) is 17.4. The molecule has 5 rings (SSSR count). The van der Waals surface area contributed by atoms with Crippen molar-refractivity contribution >= 4 is 5.91 Å². The summed E-state index contributed by atoms with van der Waals surface area (Å²) in [5.74, 6) is 1.89. The molecule has 0 radical (unpaired) electrons. The maximum Gasteiger partial charge on any atom is 0.254 e. The first-order valence-electron chi connectivity index (χ1n) is 11.0. The Morgan fingerprint density at radius 3 is 2.70 bits per heavy atom. The Kier molecular flexibility index (Phi) is 5.11. The molecule has 2 bridgehead atoms. The SMILES string of the molecule is COc1ccc([C@H]2CCC[C@H]3[C@@H]4C[C@@H](CN(C(=O)c5cc[nH]c(=O)c5)C4)CN23)cc1. The number of hydrogen-bond donors (Lipinski definition) is 1. The van der Waals surface area contributed by atoms with Gasteiger partial charge in [0.15, 0.2) is 0 Å². The second-order valence-corrected chi connectivity index (χ2v) is 9.00. The number of ether oxygens (including phenoxy) is 1. The van der Waals surface area contributed by atoms with Gasteiger partial charge in [-0.2, -0.15) is 0 Å². The highest BCUT2D eigenvalue weighted by molar-refractivity contribution is 5.94. The van der Waals surface area contributed by atoms with E-state index in [1.807, 2.05) is 4.90 Å². The topological polar surface area (TPSA) is 65.6 Å². The van der Waals surface area contributed by atoms with Gasteiger partial charge in [-0.25, -0.2) is 0 Å². The number of pyridine rings is 1. The smallest absolute Gasteiger partial charge is 0.254 e. The molecule has 0 saturated carbocycles. The summed E-state index contributed by atoms with van der Waals surface area (Å²) in [6.45, 7) is 2.61. The number of piperidine rings is 3. The Hall–Kier alpha value is -2.60. The predicted octanol–water partition coefficient (Wildman–Crippen LogP) is 3.07. The van der Waals surface area contributed by atoms with Gasteiger partial charge >= 0.3 is 0 Å². The third-order valence-electron chi connectivity index (χ3n) is 7.20. The monoisotopic (exact) mass is 407 g/mol. The van der Waals surface area contributed by atoms with E-state index < -0.39 is 0 Å². The number of benzene rings is 1. The molecule has 3 saturated heterocycles. The van der Waals surface area contributed by atoms with Crippen molar-refractivity contribution in [3.63, 3.8) is 0 Å². The van der Waals surface area contributed by atoms with Crippen LogP contribution in [0.5, 0.6) is 5.75 Å². The number of nitrogens with zero attached hydrogens (tertiary/aromatic N) is 2. The van der Waals surface area contributed by atoms with Crippen molar-refractivity contribution in [3.05, 3.63) is 64.1 Å². The van der Waals surface area contributed by atoms with E-state index in [0.29, 0.717) is 29.5 Å². The number of aromatic amines is 1. The summed E-state index contributed by atoms with van der Waals surface area (Å²) in [7, 11) is 1.70. The minimum absolute atomic E-state index is 0.00763. The number of carbonyl (C=O) groups is 1. The molecule has 6 heteroatoms. The highest BCUT2D eigenvalue weighted by atomic mass is 16.5. The number of fused-ring (bicyclic) bond motifs is 4. The fourth-order valence-electron chi connectivity index (χ4n) is 5.92. The maximum atomic E-state index is 13.0. The average molecular weight is 408 g/mol. The van der Waals surface area contributed by atoms with E-state index in [2.05, 4.69) is 34.1 Å². The van der Waals surface area contributed by atoms with E-state index in [0.717, 1.165) is 25.4 Å². The first-order valence-corrected chi connectivity index (χ1v) is 11.0. The molecule has 4 atom stereocenters. The first kappa shape index (κ1) is 19.4. The Morgan fingerprint density at radius 1 is 1.10 bits per heavy atom. The number of aromatic nitrogens is 1. The molecule has 2 aromatic rings. The summed E-state index contributed by atoms with van der Waals surface area (Å²) in [5, 5.41) is 0. The number of nitrogens with one attached hydrogen (secondary N) is 1. The van der Waals surface area contributed by atoms with Crippen molar-refractivity contribution < 1.29 is 9.53 Å². The van der Waals surface area contributed by atoms with Gasteiger partial charge in [-0.1, -0.05) is 12.1 Å². The second-order valence-electron chi connectivity index (χ2n) is 9.00. The van der Waals surface area contributed by atoms with Gasteiger partial charge in [0.2, 0.25) is 5.56 Å². The van der Waals surface area contributed by atoms with Gasteiger partial charge in [-0.3, -0.25) is 14.5 Å². The lowest BCUT2D eigenvalue weighted by Crippen LogP contribution is -2.60. The van der Waals surface area contributed by atoms with Gasteiger partial charge in [0.05, 0.1) is 7.11 Å². The molecule has 158 valence electrons. The van der Waals surface area contributed by atoms with Crippen molar-refractivity contribution in [2.24, 2.45) is 11.8 Å². The number of methoxy groups -OCH3 is 1. The largest absolute Gasteiger partial charge is 0.497 e. The number of carbonyl (C=O) groups excluding carboxylic acids is 1. The lowest BCUT2D eigenvalue weighted by molar-refractivity contribution is -0.0511. The van der Waals surface area contributed by atoms with Crippen LogP contribution in [0.4, 0.5) is 0 Å². The van der Waals surface area contributed by atoms with Gasteiger partial charge in [-0.15, -0.1) is 0 Å². The van der Waals surface area contributed by atoms with E-state index in [-0.39, 0.29) is 11.5 Å². The minimum atomic E-state index is -0.223. The van der Waals surface area contributed by atoms with Crippen LogP contribution in [0.3, 0.4) is 0 Å².